The highest BCUT2D eigenvalue weighted by atomic mass is 79.9. The molecule has 162 valence electrons. The number of carbonyl (C=O) groups excluding carboxylic acids is 4. The summed E-state index contributed by atoms with van der Waals surface area (Å²) in [5.41, 5.74) is 0.751. The van der Waals surface area contributed by atoms with Gasteiger partial charge in [-0.25, -0.2) is 14.5 Å². The number of nitrogens with zero attached hydrogens (tertiary/aromatic N) is 1. The van der Waals surface area contributed by atoms with Gasteiger partial charge in [0.1, 0.15) is 17.9 Å². The molecule has 9 heteroatoms. The number of esters is 1. The van der Waals surface area contributed by atoms with Crippen molar-refractivity contribution in [2.45, 2.75) is 6.92 Å². The molecule has 0 spiro atoms. The number of amides is 4. The lowest BCUT2D eigenvalue weighted by Crippen LogP contribution is -2.54. The number of anilines is 1. The van der Waals surface area contributed by atoms with Crippen LogP contribution in [0.5, 0.6) is 5.75 Å². The molecule has 0 aliphatic carbocycles. The summed E-state index contributed by atoms with van der Waals surface area (Å²) in [5.74, 6) is 0.723. The van der Waals surface area contributed by atoms with Gasteiger partial charge < -0.3 is 9.47 Å². The lowest BCUT2D eigenvalue weighted by molar-refractivity contribution is -0.122. The van der Waals surface area contributed by atoms with Gasteiger partial charge in [0.15, 0.2) is 0 Å². The van der Waals surface area contributed by atoms with Gasteiger partial charge in [0.05, 0.1) is 22.3 Å². The van der Waals surface area contributed by atoms with Crippen molar-refractivity contribution in [1.82, 2.24) is 5.32 Å². The van der Waals surface area contributed by atoms with E-state index in [1.165, 1.54) is 30.3 Å². The highest BCUT2D eigenvalue weighted by molar-refractivity contribution is 9.10. The summed E-state index contributed by atoms with van der Waals surface area (Å²) >= 11 is 3.35. The highest BCUT2D eigenvalue weighted by Gasteiger charge is 2.36. The Morgan fingerprint density at radius 3 is 2.53 bits per heavy atom. The Balaban J connectivity index is 1.89. The van der Waals surface area contributed by atoms with Crippen LogP contribution in [0.2, 0.25) is 0 Å². The lowest BCUT2D eigenvalue weighted by atomic mass is 10.1. The molecule has 2 aromatic carbocycles. The van der Waals surface area contributed by atoms with Gasteiger partial charge in [0.2, 0.25) is 0 Å². The summed E-state index contributed by atoms with van der Waals surface area (Å²) in [7, 11) is 0. The van der Waals surface area contributed by atoms with Crippen molar-refractivity contribution in [3.8, 4) is 18.1 Å². The van der Waals surface area contributed by atoms with Gasteiger partial charge in [0.25, 0.3) is 11.8 Å². The molecule has 2 aromatic rings. The first-order valence-electron chi connectivity index (χ1n) is 9.40. The zero-order valence-electron chi connectivity index (χ0n) is 16.9. The van der Waals surface area contributed by atoms with E-state index < -0.39 is 23.8 Å². The van der Waals surface area contributed by atoms with E-state index in [2.05, 4.69) is 27.2 Å². The van der Waals surface area contributed by atoms with E-state index in [0.29, 0.717) is 15.8 Å². The standard InChI is InChI=1S/C23H17BrN2O6/c1-3-11-32-19-10-5-14(13-18(19)24)12-17-20(27)25-23(30)26(21(17)28)16-8-6-15(7-9-16)22(29)31-4-2/h1,5-10,12-13H,4,11H2,2H3,(H,25,27,30)/b17-12+. The van der Waals surface area contributed by atoms with Crippen LogP contribution in [0.3, 0.4) is 0 Å². The molecule has 1 fully saturated rings. The minimum atomic E-state index is -0.889. The number of benzene rings is 2. The second kappa shape index (κ2) is 9.94. The van der Waals surface area contributed by atoms with Gasteiger partial charge in [0, 0.05) is 0 Å². The maximum atomic E-state index is 13.0. The van der Waals surface area contributed by atoms with Crippen LogP contribution >= 0.6 is 15.9 Å². The van der Waals surface area contributed by atoms with E-state index in [-0.39, 0.29) is 30.0 Å². The van der Waals surface area contributed by atoms with E-state index in [1.807, 2.05) is 0 Å². The molecule has 1 heterocycles. The molecule has 0 aromatic heterocycles. The largest absolute Gasteiger partial charge is 0.480 e. The number of carbonyl (C=O) groups is 4. The Kier molecular flexibility index (Phi) is 7.07. The molecule has 3 rings (SSSR count). The van der Waals surface area contributed by atoms with Crippen LogP contribution in [0, 0.1) is 12.3 Å². The van der Waals surface area contributed by atoms with Crippen molar-refractivity contribution in [1.29, 1.82) is 0 Å². The normalized spacial score (nSPS) is 14.7. The highest BCUT2D eigenvalue weighted by Crippen LogP contribution is 2.28. The molecular formula is C23H17BrN2O6. The third-order valence-electron chi connectivity index (χ3n) is 4.32. The molecule has 1 aliphatic heterocycles. The van der Waals surface area contributed by atoms with E-state index in [1.54, 1.807) is 25.1 Å². The molecule has 0 saturated carbocycles. The first-order valence-corrected chi connectivity index (χ1v) is 10.2. The van der Waals surface area contributed by atoms with E-state index in [4.69, 9.17) is 15.9 Å². The molecule has 0 atom stereocenters. The SMILES string of the molecule is C#CCOc1ccc(/C=C2\C(=O)NC(=O)N(c3ccc(C(=O)OCC)cc3)C2=O)cc1Br. The van der Waals surface area contributed by atoms with Crippen LogP contribution in [-0.4, -0.2) is 37.0 Å². The number of halogens is 1. The van der Waals surface area contributed by atoms with Crippen molar-refractivity contribution in [2.75, 3.05) is 18.1 Å². The molecule has 0 unspecified atom stereocenters. The summed E-state index contributed by atoms with van der Waals surface area (Å²) in [6.45, 7) is 1.99. The van der Waals surface area contributed by atoms with E-state index in [0.717, 1.165) is 4.90 Å². The first kappa shape index (κ1) is 22.8. The fourth-order valence-corrected chi connectivity index (χ4v) is 3.37. The third-order valence-corrected chi connectivity index (χ3v) is 4.94. The first-order chi connectivity index (χ1) is 15.3. The van der Waals surface area contributed by atoms with Crippen LogP contribution in [0.15, 0.2) is 52.5 Å². The summed E-state index contributed by atoms with van der Waals surface area (Å²) in [6.07, 6.45) is 6.54. The van der Waals surface area contributed by atoms with Gasteiger partial charge in [-0.3, -0.25) is 14.9 Å². The third kappa shape index (κ3) is 4.87. The van der Waals surface area contributed by atoms with Crippen LogP contribution < -0.4 is 15.0 Å². The molecular weight excluding hydrogens is 480 g/mol. The van der Waals surface area contributed by atoms with E-state index >= 15 is 0 Å². The van der Waals surface area contributed by atoms with Crippen LogP contribution in [0.4, 0.5) is 10.5 Å². The summed E-state index contributed by atoms with van der Waals surface area (Å²) in [6, 6.07) is 9.74. The summed E-state index contributed by atoms with van der Waals surface area (Å²) in [5, 5.41) is 2.15. The van der Waals surface area contributed by atoms with Gasteiger partial charge >= 0.3 is 12.0 Å². The van der Waals surface area contributed by atoms with Crippen LogP contribution in [0.25, 0.3) is 6.08 Å². The summed E-state index contributed by atoms with van der Waals surface area (Å²) < 4.78 is 10.9. The molecule has 32 heavy (non-hydrogen) atoms. The van der Waals surface area contributed by atoms with Gasteiger partial charge in [-0.15, -0.1) is 6.42 Å². The fourth-order valence-electron chi connectivity index (χ4n) is 2.86. The zero-order chi connectivity index (χ0) is 23.3. The summed E-state index contributed by atoms with van der Waals surface area (Å²) in [4.78, 5) is 50.3. The average molecular weight is 497 g/mol. The molecule has 8 nitrogen and oxygen atoms in total. The van der Waals surface area contributed by atoms with Gasteiger partial charge in [-0.1, -0.05) is 12.0 Å². The van der Waals surface area contributed by atoms with Crippen molar-refractivity contribution < 1.29 is 28.7 Å². The molecule has 1 N–H and O–H groups in total. The predicted molar refractivity (Wildman–Crippen MR) is 120 cm³/mol. The Bertz CT molecular complexity index is 1160. The predicted octanol–water partition coefficient (Wildman–Crippen LogP) is 3.30. The number of urea groups is 1. The Hall–Kier alpha value is -3.90. The van der Waals surface area contributed by atoms with Crippen molar-refractivity contribution in [2.24, 2.45) is 0 Å². The van der Waals surface area contributed by atoms with Gasteiger partial charge in [-0.2, -0.15) is 0 Å². The topological polar surface area (TPSA) is 102 Å². The van der Waals surface area contributed by atoms with Crippen molar-refractivity contribution >= 4 is 51.5 Å². The number of hydrogen-bond donors (Lipinski definition) is 1. The van der Waals surface area contributed by atoms with E-state index in [9.17, 15) is 19.2 Å². The quantitative estimate of drug-likeness (QED) is 0.285. The molecule has 0 bridgehead atoms. The van der Waals surface area contributed by atoms with Crippen LogP contribution in [-0.2, 0) is 14.3 Å². The number of imide groups is 2. The average Bonchev–Trinajstić information content (AvgIpc) is 2.76. The second-order valence-corrected chi connectivity index (χ2v) is 7.26. The maximum absolute atomic E-state index is 13.0. The van der Waals surface area contributed by atoms with Gasteiger partial charge in [-0.05, 0) is 70.9 Å². The number of nitrogens with one attached hydrogen (secondary N) is 1. The number of hydrogen-bond acceptors (Lipinski definition) is 6. The number of barbiturate groups is 1. The monoisotopic (exact) mass is 496 g/mol. The Morgan fingerprint density at radius 1 is 1.19 bits per heavy atom. The number of terminal acetylenes is 1. The molecule has 1 saturated heterocycles. The second-order valence-electron chi connectivity index (χ2n) is 6.41. The zero-order valence-corrected chi connectivity index (χ0v) is 18.5. The van der Waals surface area contributed by atoms with Crippen LogP contribution in [0.1, 0.15) is 22.8 Å². The minimum absolute atomic E-state index is 0.0892. The van der Waals surface area contributed by atoms with Crippen molar-refractivity contribution in [3.05, 3.63) is 63.6 Å². The smallest absolute Gasteiger partial charge is 0.338 e. The van der Waals surface area contributed by atoms with Crippen molar-refractivity contribution in [3.63, 3.8) is 0 Å². The molecule has 1 aliphatic rings. The lowest BCUT2D eigenvalue weighted by Gasteiger charge is -2.26. The molecule has 4 amide bonds. The fraction of sp³-hybridized carbons (Fsp3) is 0.130. The minimum Gasteiger partial charge on any atom is -0.480 e. The maximum Gasteiger partial charge on any atom is 0.338 e. The molecule has 0 radical (unpaired) electrons. The number of rotatable bonds is 6. The Morgan fingerprint density at radius 2 is 1.91 bits per heavy atom. The number of ether oxygens (including phenoxy) is 2. The Labute approximate surface area is 192 Å².